The molecular weight excluding hydrogens is 378 g/mol. The van der Waals surface area contributed by atoms with E-state index < -0.39 is 9.85 Å². The first-order chi connectivity index (χ1) is 13.8. The van der Waals surface area contributed by atoms with Gasteiger partial charge in [-0.15, -0.1) is 0 Å². The Morgan fingerprint density at radius 2 is 1.45 bits per heavy atom. The molecule has 0 aliphatic heterocycles. The summed E-state index contributed by atoms with van der Waals surface area (Å²) in [6.45, 7) is 3.91. The summed E-state index contributed by atoms with van der Waals surface area (Å²) in [5.41, 5.74) is 8.23. The zero-order valence-corrected chi connectivity index (χ0v) is 15.5. The van der Waals surface area contributed by atoms with Crippen LogP contribution >= 0.6 is 0 Å². The Balaban J connectivity index is 1.83. The first-order valence-corrected chi connectivity index (χ1v) is 8.45. The first kappa shape index (κ1) is 19.5. The van der Waals surface area contributed by atoms with E-state index >= 15 is 0 Å². The van der Waals surface area contributed by atoms with Gasteiger partial charge in [0.05, 0.1) is 15.5 Å². The highest BCUT2D eigenvalue weighted by Gasteiger charge is 2.23. The number of non-ortho nitro benzene ring substituents is 1. The molecule has 0 aliphatic carbocycles. The number of hydrogen-bond acceptors (Lipinski definition) is 9. The molecular formula is C18H17N7O4. The van der Waals surface area contributed by atoms with E-state index in [1.807, 2.05) is 26.0 Å². The summed E-state index contributed by atoms with van der Waals surface area (Å²) < 4.78 is 0. The predicted octanol–water partition coefficient (Wildman–Crippen LogP) is 4.09. The van der Waals surface area contributed by atoms with Crippen LogP contribution in [0.4, 0.5) is 34.4 Å². The van der Waals surface area contributed by atoms with Gasteiger partial charge in [-0.2, -0.15) is 0 Å². The largest absolute Gasteiger partial charge is 0.355 e. The van der Waals surface area contributed by atoms with Crippen LogP contribution in [0.1, 0.15) is 11.1 Å². The molecule has 0 aliphatic rings. The Hall–Kier alpha value is -4.28. The molecule has 0 radical (unpaired) electrons. The molecule has 0 amide bonds. The van der Waals surface area contributed by atoms with Crippen molar-refractivity contribution in [2.24, 2.45) is 0 Å². The third kappa shape index (κ3) is 4.53. The Kier molecular flexibility index (Phi) is 5.49. The Morgan fingerprint density at radius 3 is 2.07 bits per heavy atom. The molecule has 0 saturated heterocycles. The van der Waals surface area contributed by atoms with E-state index in [4.69, 9.17) is 0 Å². The minimum absolute atomic E-state index is 0.0289. The van der Waals surface area contributed by atoms with Gasteiger partial charge in [0.25, 0.3) is 5.69 Å². The minimum Gasteiger partial charge on any atom is -0.334 e. The Labute approximate surface area is 165 Å². The number of aromatic nitrogens is 2. The van der Waals surface area contributed by atoms with Crippen molar-refractivity contribution in [3.63, 3.8) is 0 Å². The minimum atomic E-state index is -0.594. The average molecular weight is 395 g/mol. The number of rotatable bonds is 7. The quantitative estimate of drug-likeness (QED) is 0.397. The molecule has 3 rings (SSSR count). The topological polar surface area (TPSA) is 148 Å². The highest BCUT2D eigenvalue weighted by Crippen LogP contribution is 2.31. The highest BCUT2D eigenvalue weighted by atomic mass is 16.6. The van der Waals surface area contributed by atoms with Crippen LogP contribution in [0.3, 0.4) is 0 Å². The van der Waals surface area contributed by atoms with Crippen molar-refractivity contribution >= 4 is 34.4 Å². The van der Waals surface area contributed by atoms with E-state index in [-0.39, 0.29) is 23.0 Å². The third-order valence-electron chi connectivity index (χ3n) is 4.18. The average Bonchev–Trinajstić information content (AvgIpc) is 2.69. The van der Waals surface area contributed by atoms with Gasteiger partial charge in [0, 0.05) is 17.8 Å². The molecule has 0 saturated carbocycles. The molecule has 3 N–H and O–H groups in total. The second-order valence-electron chi connectivity index (χ2n) is 6.15. The molecule has 0 unspecified atom stereocenters. The van der Waals surface area contributed by atoms with Crippen LogP contribution in [0.2, 0.25) is 0 Å². The summed E-state index contributed by atoms with van der Waals surface area (Å²) in [6, 6.07) is 11.1. The van der Waals surface area contributed by atoms with E-state index in [0.29, 0.717) is 11.4 Å². The second kappa shape index (κ2) is 8.17. The van der Waals surface area contributed by atoms with Gasteiger partial charge >= 0.3 is 5.69 Å². The van der Waals surface area contributed by atoms with Crippen LogP contribution in [0, 0.1) is 34.1 Å². The number of nitrogens with zero attached hydrogens (tertiary/aromatic N) is 4. The van der Waals surface area contributed by atoms with Crippen LogP contribution in [0.15, 0.2) is 48.8 Å². The van der Waals surface area contributed by atoms with Crippen molar-refractivity contribution in [2.45, 2.75) is 13.8 Å². The van der Waals surface area contributed by atoms with Crippen molar-refractivity contribution in [1.29, 1.82) is 0 Å². The van der Waals surface area contributed by atoms with E-state index in [2.05, 4.69) is 26.1 Å². The van der Waals surface area contributed by atoms with Crippen LogP contribution in [-0.4, -0.2) is 19.8 Å². The number of benzene rings is 2. The molecule has 29 heavy (non-hydrogen) atoms. The molecule has 0 spiro atoms. The van der Waals surface area contributed by atoms with Crippen molar-refractivity contribution in [3.05, 3.63) is 80.1 Å². The number of anilines is 4. The summed E-state index contributed by atoms with van der Waals surface area (Å²) in [5.74, 6) is -0.0315. The van der Waals surface area contributed by atoms with Crippen molar-refractivity contribution in [1.82, 2.24) is 9.97 Å². The van der Waals surface area contributed by atoms with Gasteiger partial charge in [0.2, 0.25) is 11.6 Å². The number of aryl methyl sites for hydroxylation is 2. The number of hydrogen-bond donors (Lipinski definition) is 3. The normalized spacial score (nSPS) is 10.3. The number of hydrazine groups is 1. The van der Waals surface area contributed by atoms with Gasteiger partial charge in [-0.1, -0.05) is 6.07 Å². The fourth-order valence-electron chi connectivity index (χ4n) is 2.49. The highest BCUT2D eigenvalue weighted by molar-refractivity contribution is 5.74. The Bertz CT molecular complexity index is 1070. The zero-order valence-electron chi connectivity index (χ0n) is 15.5. The van der Waals surface area contributed by atoms with Crippen LogP contribution in [0.25, 0.3) is 0 Å². The second-order valence-corrected chi connectivity index (χ2v) is 6.15. The smallest absolute Gasteiger partial charge is 0.334 e. The molecule has 11 heteroatoms. The van der Waals surface area contributed by atoms with Gasteiger partial charge < -0.3 is 5.32 Å². The van der Waals surface area contributed by atoms with E-state index in [1.165, 1.54) is 30.6 Å². The number of nitro groups is 2. The fraction of sp³-hybridized carbons (Fsp3) is 0.111. The summed E-state index contributed by atoms with van der Waals surface area (Å²) in [4.78, 5) is 29.1. The Morgan fingerprint density at radius 1 is 0.793 bits per heavy atom. The lowest BCUT2D eigenvalue weighted by molar-refractivity contribution is -0.384. The monoisotopic (exact) mass is 395 g/mol. The van der Waals surface area contributed by atoms with Gasteiger partial charge in [0.15, 0.2) is 0 Å². The summed E-state index contributed by atoms with van der Waals surface area (Å²) in [5, 5.41) is 25.3. The van der Waals surface area contributed by atoms with Crippen molar-refractivity contribution < 1.29 is 9.85 Å². The maximum Gasteiger partial charge on any atom is 0.355 e. The van der Waals surface area contributed by atoms with E-state index in [9.17, 15) is 20.2 Å². The molecule has 1 heterocycles. The van der Waals surface area contributed by atoms with Crippen molar-refractivity contribution in [2.75, 3.05) is 16.2 Å². The fourth-order valence-corrected chi connectivity index (χ4v) is 2.49. The molecule has 0 atom stereocenters. The molecule has 148 valence electrons. The summed E-state index contributed by atoms with van der Waals surface area (Å²) in [7, 11) is 0. The van der Waals surface area contributed by atoms with E-state index in [1.54, 1.807) is 6.07 Å². The molecule has 0 bridgehead atoms. The first-order valence-electron chi connectivity index (χ1n) is 8.45. The van der Waals surface area contributed by atoms with Crippen LogP contribution in [0.5, 0.6) is 0 Å². The third-order valence-corrected chi connectivity index (χ3v) is 4.18. The maximum atomic E-state index is 11.6. The van der Waals surface area contributed by atoms with Crippen LogP contribution in [-0.2, 0) is 0 Å². The molecule has 0 fully saturated rings. The van der Waals surface area contributed by atoms with Gasteiger partial charge in [-0.3, -0.25) is 31.1 Å². The lowest BCUT2D eigenvalue weighted by Crippen LogP contribution is -2.13. The van der Waals surface area contributed by atoms with Crippen molar-refractivity contribution in [3.8, 4) is 0 Å². The lowest BCUT2D eigenvalue weighted by atomic mass is 10.1. The molecule has 11 nitrogen and oxygen atoms in total. The van der Waals surface area contributed by atoms with Gasteiger partial charge in [-0.05, 0) is 49.2 Å². The number of nitrogens with one attached hydrogen (secondary N) is 3. The zero-order chi connectivity index (χ0) is 21.0. The van der Waals surface area contributed by atoms with Gasteiger partial charge in [-0.25, -0.2) is 9.97 Å². The SMILES string of the molecule is Cc1ccc(Nc2ncnc(NNc3ccc([N+](=O)[O-])cc3)c2[N+](=O)[O-])cc1C. The number of nitro benzene ring substituents is 1. The summed E-state index contributed by atoms with van der Waals surface area (Å²) in [6.07, 6.45) is 1.19. The molecule has 1 aromatic heterocycles. The standard InChI is InChI=1S/C18H17N7O4/c1-11-3-4-14(9-12(11)2)21-17-16(25(28)29)18(20-10-19-17)23-22-13-5-7-15(8-6-13)24(26)27/h3-10,22H,1-2H3,(H2,19,20,21,23). The lowest BCUT2D eigenvalue weighted by Gasteiger charge is -2.12. The molecule has 2 aromatic carbocycles. The summed E-state index contributed by atoms with van der Waals surface area (Å²) >= 11 is 0. The maximum absolute atomic E-state index is 11.6. The van der Waals surface area contributed by atoms with E-state index in [0.717, 1.165) is 11.1 Å². The molecule has 3 aromatic rings. The van der Waals surface area contributed by atoms with Gasteiger partial charge in [0.1, 0.15) is 6.33 Å². The predicted molar refractivity (Wildman–Crippen MR) is 108 cm³/mol. The van der Waals surface area contributed by atoms with Crippen LogP contribution < -0.4 is 16.2 Å².